The Balaban J connectivity index is 1.51. The molecule has 1 unspecified atom stereocenters. The standard InChI is InChI=1S/C32H36F2/c1-4-6-7-9-29-20-28-19-18-27(21-30(28)32(34)31(29)33)22(3)24-14-16-26(17-15-24)25-12-10-23(8-5-2)11-13-25/h4-6,8,14-23,25H,7,9-13H2,1-3H3/b6-4+,8-5+. The van der Waals surface area contributed by atoms with Crippen molar-refractivity contribution in [1.82, 2.24) is 0 Å². The van der Waals surface area contributed by atoms with Crippen LogP contribution in [-0.4, -0.2) is 0 Å². The molecule has 0 nitrogen and oxygen atoms in total. The molecule has 0 aliphatic heterocycles. The largest absolute Gasteiger partial charge is 0.203 e. The third kappa shape index (κ3) is 5.32. The van der Waals surface area contributed by atoms with Crippen LogP contribution in [0.25, 0.3) is 10.8 Å². The fraction of sp³-hybridized carbons (Fsp3) is 0.375. The minimum Gasteiger partial charge on any atom is -0.203 e. The van der Waals surface area contributed by atoms with Gasteiger partial charge >= 0.3 is 0 Å². The van der Waals surface area contributed by atoms with Gasteiger partial charge in [-0.1, -0.05) is 67.6 Å². The monoisotopic (exact) mass is 458 g/mol. The lowest BCUT2D eigenvalue weighted by atomic mass is 9.78. The third-order valence-electron chi connectivity index (χ3n) is 7.58. The van der Waals surface area contributed by atoms with Crippen molar-refractivity contribution < 1.29 is 8.78 Å². The molecule has 34 heavy (non-hydrogen) atoms. The van der Waals surface area contributed by atoms with Crippen LogP contribution in [0.1, 0.15) is 87.0 Å². The van der Waals surface area contributed by atoms with Crippen LogP contribution >= 0.6 is 0 Å². The number of benzene rings is 3. The van der Waals surface area contributed by atoms with Crippen molar-refractivity contribution in [2.24, 2.45) is 5.92 Å². The number of rotatable bonds is 7. The Morgan fingerprint density at radius 1 is 0.853 bits per heavy atom. The Labute approximate surface area is 203 Å². The molecule has 178 valence electrons. The Kier molecular flexibility index (Phi) is 7.98. The zero-order valence-corrected chi connectivity index (χ0v) is 20.7. The van der Waals surface area contributed by atoms with Gasteiger partial charge in [0.1, 0.15) is 0 Å². The van der Waals surface area contributed by atoms with Crippen LogP contribution in [0.3, 0.4) is 0 Å². The summed E-state index contributed by atoms with van der Waals surface area (Å²) in [5, 5.41) is 1.13. The quantitative estimate of drug-likeness (QED) is 0.309. The van der Waals surface area contributed by atoms with E-state index in [0.29, 0.717) is 29.7 Å². The SMILES string of the molecule is C/C=C/CCc1cc2ccc(C(C)c3ccc(C4CCC(/C=C/C)CC4)cc3)cc2c(F)c1F. The highest BCUT2D eigenvalue weighted by Gasteiger charge is 2.21. The van der Waals surface area contributed by atoms with Crippen molar-refractivity contribution in [2.75, 3.05) is 0 Å². The zero-order chi connectivity index (χ0) is 24.1. The van der Waals surface area contributed by atoms with Crippen LogP contribution in [0.2, 0.25) is 0 Å². The van der Waals surface area contributed by atoms with Crippen molar-refractivity contribution in [3.63, 3.8) is 0 Å². The molecule has 1 aliphatic rings. The molecule has 1 fully saturated rings. The first-order valence-electron chi connectivity index (χ1n) is 12.8. The smallest absolute Gasteiger partial charge is 0.166 e. The lowest BCUT2D eigenvalue weighted by Gasteiger charge is -2.27. The maximum absolute atomic E-state index is 15.0. The summed E-state index contributed by atoms with van der Waals surface area (Å²) in [5.41, 5.74) is 4.08. The molecule has 0 saturated heterocycles. The summed E-state index contributed by atoms with van der Waals surface area (Å²) in [5.74, 6) is 0.0514. The van der Waals surface area contributed by atoms with Crippen LogP contribution in [-0.2, 0) is 6.42 Å². The summed E-state index contributed by atoms with van der Waals surface area (Å²) in [6.45, 7) is 6.18. The number of aryl methyl sites for hydroxylation is 1. The van der Waals surface area contributed by atoms with Gasteiger partial charge in [-0.05, 0) is 104 Å². The van der Waals surface area contributed by atoms with Gasteiger partial charge in [0, 0.05) is 11.3 Å². The Morgan fingerprint density at radius 3 is 2.24 bits per heavy atom. The van der Waals surface area contributed by atoms with Crippen molar-refractivity contribution >= 4 is 10.8 Å². The van der Waals surface area contributed by atoms with Gasteiger partial charge in [0.15, 0.2) is 11.6 Å². The van der Waals surface area contributed by atoms with Gasteiger partial charge in [0.05, 0.1) is 0 Å². The molecule has 3 aromatic carbocycles. The Morgan fingerprint density at radius 2 is 1.56 bits per heavy atom. The van der Waals surface area contributed by atoms with Gasteiger partial charge in [-0.2, -0.15) is 0 Å². The second-order valence-electron chi connectivity index (χ2n) is 9.78. The lowest BCUT2D eigenvalue weighted by Crippen LogP contribution is -2.11. The highest BCUT2D eigenvalue weighted by Crippen LogP contribution is 2.37. The van der Waals surface area contributed by atoms with E-state index < -0.39 is 11.6 Å². The van der Waals surface area contributed by atoms with Gasteiger partial charge in [0.2, 0.25) is 0 Å². The molecule has 0 bridgehead atoms. The highest BCUT2D eigenvalue weighted by atomic mass is 19.2. The Bertz CT molecular complexity index is 1160. The van der Waals surface area contributed by atoms with Crippen molar-refractivity contribution in [3.8, 4) is 0 Å². The molecule has 1 saturated carbocycles. The molecule has 0 heterocycles. The van der Waals surface area contributed by atoms with Gasteiger partial charge in [-0.25, -0.2) is 8.78 Å². The van der Waals surface area contributed by atoms with E-state index in [1.165, 1.54) is 36.8 Å². The molecule has 0 amide bonds. The summed E-state index contributed by atoms with van der Waals surface area (Å²) in [4.78, 5) is 0. The first-order valence-corrected chi connectivity index (χ1v) is 12.8. The minimum absolute atomic E-state index is 0.112. The molecule has 0 aromatic heterocycles. The first-order chi connectivity index (χ1) is 16.5. The summed E-state index contributed by atoms with van der Waals surface area (Å²) in [6, 6.07) is 16.6. The number of allylic oxidation sites excluding steroid dienone is 4. The van der Waals surface area contributed by atoms with Gasteiger partial charge < -0.3 is 0 Å². The average Bonchev–Trinajstić information content (AvgIpc) is 2.87. The van der Waals surface area contributed by atoms with Crippen LogP contribution in [0.15, 0.2) is 72.8 Å². The van der Waals surface area contributed by atoms with Gasteiger partial charge in [0.25, 0.3) is 0 Å². The average molecular weight is 459 g/mol. The minimum atomic E-state index is -0.731. The van der Waals surface area contributed by atoms with Crippen molar-refractivity contribution in [2.45, 2.75) is 71.1 Å². The second kappa shape index (κ2) is 11.1. The topological polar surface area (TPSA) is 0 Å². The van der Waals surface area contributed by atoms with E-state index in [4.69, 9.17) is 0 Å². The van der Waals surface area contributed by atoms with Gasteiger partial charge in [-0.3, -0.25) is 0 Å². The second-order valence-corrected chi connectivity index (χ2v) is 9.78. The van der Waals surface area contributed by atoms with E-state index in [2.05, 4.69) is 56.3 Å². The highest BCUT2D eigenvalue weighted by molar-refractivity contribution is 5.85. The number of hydrogen-bond donors (Lipinski definition) is 0. The van der Waals surface area contributed by atoms with Crippen molar-refractivity contribution in [3.05, 3.63) is 107 Å². The first kappa shape index (κ1) is 24.4. The molecular weight excluding hydrogens is 422 g/mol. The maximum Gasteiger partial charge on any atom is 0.166 e. The molecule has 4 rings (SSSR count). The molecule has 0 spiro atoms. The predicted molar refractivity (Wildman–Crippen MR) is 140 cm³/mol. The molecule has 0 radical (unpaired) electrons. The zero-order valence-electron chi connectivity index (χ0n) is 20.7. The molecular formula is C32H36F2. The third-order valence-corrected chi connectivity index (χ3v) is 7.58. The van der Waals surface area contributed by atoms with Gasteiger partial charge in [-0.15, -0.1) is 0 Å². The lowest BCUT2D eigenvalue weighted by molar-refractivity contribution is 0.375. The van der Waals surface area contributed by atoms with E-state index in [9.17, 15) is 8.78 Å². The van der Waals surface area contributed by atoms with E-state index in [-0.39, 0.29) is 5.92 Å². The van der Waals surface area contributed by atoms with E-state index in [1.54, 1.807) is 6.07 Å². The number of halogens is 2. The number of hydrogen-bond acceptors (Lipinski definition) is 0. The Hall–Kier alpha value is -2.74. The summed E-state index contributed by atoms with van der Waals surface area (Å²) < 4.78 is 29.7. The van der Waals surface area contributed by atoms with Crippen LogP contribution in [0.4, 0.5) is 8.78 Å². The molecule has 1 atom stereocenters. The van der Waals surface area contributed by atoms with Crippen LogP contribution in [0, 0.1) is 17.6 Å². The molecule has 0 N–H and O–H groups in total. The molecule has 1 aliphatic carbocycles. The normalized spacial score (nSPS) is 19.9. The van der Waals surface area contributed by atoms with E-state index >= 15 is 0 Å². The van der Waals surface area contributed by atoms with E-state index in [1.807, 2.05) is 31.2 Å². The molecule has 3 aromatic rings. The summed E-state index contributed by atoms with van der Waals surface area (Å²) in [7, 11) is 0. The summed E-state index contributed by atoms with van der Waals surface area (Å²) in [6.07, 6.45) is 14.7. The fourth-order valence-electron chi connectivity index (χ4n) is 5.42. The van der Waals surface area contributed by atoms with E-state index in [0.717, 1.165) is 16.9 Å². The summed E-state index contributed by atoms with van der Waals surface area (Å²) >= 11 is 0. The molecule has 2 heteroatoms. The predicted octanol–water partition coefficient (Wildman–Crippen LogP) is 9.63. The van der Waals surface area contributed by atoms with Crippen LogP contribution in [0.5, 0.6) is 0 Å². The fourth-order valence-corrected chi connectivity index (χ4v) is 5.42. The maximum atomic E-state index is 15.0. The van der Waals surface area contributed by atoms with Crippen molar-refractivity contribution in [1.29, 1.82) is 0 Å². The van der Waals surface area contributed by atoms with Crippen LogP contribution < -0.4 is 0 Å². The number of fused-ring (bicyclic) bond motifs is 1.